The molecule has 180 valence electrons. The van der Waals surface area contributed by atoms with E-state index in [9.17, 15) is 14.7 Å². The molecule has 2 heterocycles. The van der Waals surface area contributed by atoms with E-state index >= 15 is 0 Å². The second kappa shape index (κ2) is 10.0. The first-order chi connectivity index (χ1) is 16.8. The first-order valence-corrected chi connectivity index (χ1v) is 11.3. The topological polar surface area (TPSA) is 89.0 Å². The van der Waals surface area contributed by atoms with Crippen LogP contribution in [0.4, 0.5) is 0 Å². The number of hydrogen-bond donors (Lipinski definition) is 1. The number of carbonyl (C=O) groups is 2. The van der Waals surface area contributed by atoms with E-state index in [0.717, 1.165) is 11.1 Å². The van der Waals surface area contributed by atoms with Gasteiger partial charge in [-0.15, -0.1) is 0 Å². The largest absolute Gasteiger partial charge is 0.507 e. The van der Waals surface area contributed by atoms with Crippen molar-refractivity contribution in [1.29, 1.82) is 0 Å². The van der Waals surface area contributed by atoms with Crippen molar-refractivity contribution >= 4 is 17.4 Å². The Labute approximate surface area is 204 Å². The van der Waals surface area contributed by atoms with Crippen LogP contribution in [0.25, 0.3) is 5.76 Å². The van der Waals surface area contributed by atoms with Crippen molar-refractivity contribution in [1.82, 2.24) is 9.88 Å². The molecule has 1 amide bonds. The number of methoxy groups -OCH3 is 2. The van der Waals surface area contributed by atoms with Gasteiger partial charge in [-0.3, -0.25) is 14.6 Å². The van der Waals surface area contributed by atoms with Crippen molar-refractivity contribution in [3.8, 4) is 11.5 Å². The van der Waals surface area contributed by atoms with Crippen molar-refractivity contribution in [2.24, 2.45) is 0 Å². The summed E-state index contributed by atoms with van der Waals surface area (Å²) >= 11 is 0. The second-order valence-electron chi connectivity index (χ2n) is 8.67. The van der Waals surface area contributed by atoms with Crippen molar-refractivity contribution in [3.63, 3.8) is 0 Å². The lowest BCUT2D eigenvalue weighted by molar-refractivity contribution is -0.140. The summed E-state index contributed by atoms with van der Waals surface area (Å²) in [6.07, 6.45) is 3.30. The monoisotopic (exact) mass is 472 g/mol. The summed E-state index contributed by atoms with van der Waals surface area (Å²) in [6, 6.07) is 15.2. The van der Waals surface area contributed by atoms with Crippen LogP contribution >= 0.6 is 0 Å². The van der Waals surface area contributed by atoms with Gasteiger partial charge in [0.05, 0.1) is 25.8 Å². The van der Waals surface area contributed by atoms with Crippen LogP contribution in [0.1, 0.15) is 48.1 Å². The summed E-state index contributed by atoms with van der Waals surface area (Å²) < 4.78 is 10.7. The number of ketones is 1. The average Bonchev–Trinajstić information content (AvgIpc) is 3.13. The van der Waals surface area contributed by atoms with Gasteiger partial charge in [0, 0.05) is 24.5 Å². The molecular weight excluding hydrogens is 444 g/mol. The SMILES string of the molecule is COc1ccc(C2/C(=C(/O)c3ccc(OC)c(C(C)C)c3)C(=O)C(=O)N2Cc2cccnc2)cc1. The molecule has 1 saturated heterocycles. The molecule has 0 aliphatic carbocycles. The first-order valence-electron chi connectivity index (χ1n) is 11.3. The number of aromatic nitrogens is 1. The molecule has 2 aromatic carbocycles. The Balaban J connectivity index is 1.87. The third-order valence-corrected chi connectivity index (χ3v) is 6.17. The maximum atomic E-state index is 13.3. The van der Waals surface area contributed by atoms with Crippen LogP contribution in [-0.2, 0) is 16.1 Å². The van der Waals surface area contributed by atoms with Crippen molar-refractivity contribution < 1.29 is 24.2 Å². The molecule has 1 unspecified atom stereocenters. The molecule has 7 heteroatoms. The number of carbonyl (C=O) groups excluding carboxylic acids is 2. The van der Waals surface area contributed by atoms with Crippen LogP contribution in [0.5, 0.6) is 11.5 Å². The highest BCUT2D eigenvalue weighted by Crippen LogP contribution is 2.41. The van der Waals surface area contributed by atoms with Gasteiger partial charge in [0.2, 0.25) is 0 Å². The lowest BCUT2D eigenvalue weighted by atomic mass is 9.93. The normalized spacial score (nSPS) is 17.2. The number of amides is 1. The molecule has 3 aromatic rings. The average molecular weight is 473 g/mol. The quantitative estimate of drug-likeness (QED) is 0.301. The second-order valence-corrected chi connectivity index (χ2v) is 8.67. The number of aliphatic hydroxyl groups excluding tert-OH is 1. The molecule has 1 aromatic heterocycles. The predicted octanol–water partition coefficient (Wildman–Crippen LogP) is 4.84. The van der Waals surface area contributed by atoms with Crippen LogP contribution in [0, 0.1) is 0 Å². The Bertz CT molecular complexity index is 1270. The minimum absolute atomic E-state index is 0.0453. The van der Waals surface area contributed by atoms with Gasteiger partial charge in [0.1, 0.15) is 17.3 Å². The van der Waals surface area contributed by atoms with Crippen molar-refractivity contribution in [2.75, 3.05) is 14.2 Å². The molecule has 0 spiro atoms. The number of Topliss-reactive ketones (excluding diaryl/α,β-unsaturated/α-hetero) is 1. The summed E-state index contributed by atoms with van der Waals surface area (Å²) in [7, 11) is 3.16. The molecule has 1 N–H and O–H groups in total. The van der Waals surface area contributed by atoms with Gasteiger partial charge in [-0.25, -0.2) is 0 Å². The Morgan fingerprint density at radius 3 is 2.40 bits per heavy atom. The Morgan fingerprint density at radius 2 is 1.80 bits per heavy atom. The number of aliphatic hydroxyl groups is 1. The highest BCUT2D eigenvalue weighted by atomic mass is 16.5. The van der Waals surface area contributed by atoms with Gasteiger partial charge >= 0.3 is 0 Å². The molecule has 0 bridgehead atoms. The van der Waals surface area contributed by atoms with E-state index in [4.69, 9.17) is 9.47 Å². The summed E-state index contributed by atoms with van der Waals surface area (Å²) in [6.45, 7) is 4.21. The third-order valence-electron chi connectivity index (χ3n) is 6.17. The van der Waals surface area contributed by atoms with Crippen LogP contribution in [-0.4, -0.2) is 40.9 Å². The maximum absolute atomic E-state index is 13.3. The fourth-order valence-corrected chi connectivity index (χ4v) is 4.35. The zero-order valence-corrected chi connectivity index (χ0v) is 20.2. The molecule has 1 aliphatic heterocycles. The summed E-state index contributed by atoms with van der Waals surface area (Å²) in [5.41, 5.74) is 2.85. The maximum Gasteiger partial charge on any atom is 0.295 e. The molecule has 0 radical (unpaired) electrons. The number of likely N-dealkylation sites (tertiary alicyclic amines) is 1. The van der Waals surface area contributed by atoms with E-state index in [-0.39, 0.29) is 23.8 Å². The van der Waals surface area contributed by atoms with E-state index in [0.29, 0.717) is 22.6 Å². The zero-order valence-electron chi connectivity index (χ0n) is 20.2. The van der Waals surface area contributed by atoms with E-state index in [1.165, 1.54) is 4.90 Å². The summed E-state index contributed by atoms with van der Waals surface area (Å²) in [5, 5.41) is 11.4. The van der Waals surface area contributed by atoms with E-state index < -0.39 is 17.7 Å². The zero-order chi connectivity index (χ0) is 25.1. The Hall–Kier alpha value is -4.13. The highest BCUT2D eigenvalue weighted by molar-refractivity contribution is 6.46. The fraction of sp³-hybridized carbons (Fsp3) is 0.250. The Morgan fingerprint density at radius 1 is 1.06 bits per heavy atom. The van der Waals surface area contributed by atoms with E-state index in [1.54, 1.807) is 75.1 Å². The lowest BCUT2D eigenvalue weighted by Gasteiger charge is -2.25. The first kappa shape index (κ1) is 24.0. The van der Waals surface area contributed by atoms with E-state index in [2.05, 4.69) is 4.98 Å². The van der Waals surface area contributed by atoms with Gasteiger partial charge in [-0.1, -0.05) is 32.0 Å². The number of hydrogen-bond acceptors (Lipinski definition) is 6. The van der Waals surface area contributed by atoms with Gasteiger partial charge < -0.3 is 19.5 Å². The summed E-state index contributed by atoms with van der Waals surface area (Å²) in [5.74, 6) is -0.150. The van der Waals surface area contributed by atoms with Crippen LogP contribution in [0.3, 0.4) is 0 Å². The minimum Gasteiger partial charge on any atom is -0.507 e. The molecule has 0 saturated carbocycles. The number of benzene rings is 2. The van der Waals surface area contributed by atoms with Crippen LogP contribution < -0.4 is 9.47 Å². The van der Waals surface area contributed by atoms with E-state index in [1.807, 2.05) is 19.9 Å². The fourth-order valence-electron chi connectivity index (χ4n) is 4.35. The number of nitrogens with zero attached hydrogens (tertiary/aromatic N) is 2. The molecule has 35 heavy (non-hydrogen) atoms. The van der Waals surface area contributed by atoms with Gasteiger partial charge in [0.25, 0.3) is 11.7 Å². The molecule has 4 rings (SSSR count). The molecule has 1 fully saturated rings. The number of ether oxygens (including phenoxy) is 2. The van der Waals surface area contributed by atoms with Crippen molar-refractivity contribution in [3.05, 3.63) is 94.8 Å². The molecular formula is C28H28N2O5. The number of rotatable bonds is 7. The number of pyridine rings is 1. The van der Waals surface area contributed by atoms with Crippen LogP contribution in [0.15, 0.2) is 72.6 Å². The Kier molecular flexibility index (Phi) is 6.87. The molecule has 7 nitrogen and oxygen atoms in total. The van der Waals surface area contributed by atoms with Gasteiger partial charge in [-0.05, 0) is 59.0 Å². The third kappa shape index (κ3) is 4.62. The highest BCUT2D eigenvalue weighted by Gasteiger charge is 2.46. The molecule has 1 atom stereocenters. The smallest absolute Gasteiger partial charge is 0.295 e. The van der Waals surface area contributed by atoms with Gasteiger partial charge in [-0.2, -0.15) is 0 Å². The van der Waals surface area contributed by atoms with Crippen molar-refractivity contribution in [2.45, 2.75) is 32.4 Å². The van der Waals surface area contributed by atoms with Gasteiger partial charge in [0.15, 0.2) is 0 Å². The standard InChI is InChI=1S/C28H28N2O5/c1-17(2)22-14-20(9-12-23(22)35-4)26(31)24-25(19-7-10-21(34-3)11-8-19)30(28(33)27(24)32)16-18-6-5-13-29-15-18/h5-15,17,25,31H,16H2,1-4H3/b26-24-. The molecule has 1 aliphatic rings. The minimum atomic E-state index is -0.772. The predicted molar refractivity (Wildman–Crippen MR) is 132 cm³/mol. The lowest BCUT2D eigenvalue weighted by Crippen LogP contribution is -2.29. The van der Waals surface area contributed by atoms with Crippen LogP contribution in [0.2, 0.25) is 0 Å². The summed E-state index contributed by atoms with van der Waals surface area (Å²) in [4.78, 5) is 32.1.